The molecule has 0 saturated heterocycles. The Bertz CT molecular complexity index is 1160. The molecule has 0 aliphatic heterocycles. The Kier molecular flexibility index (Phi) is 6.01. The number of nitrogens with one attached hydrogen (secondary N) is 1. The number of ether oxygens (including phenoxy) is 1. The van der Waals surface area contributed by atoms with Crippen LogP contribution in [0.4, 0.5) is 5.82 Å². The van der Waals surface area contributed by atoms with Crippen molar-refractivity contribution in [1.29, 1.82) is 0 Å². The maximum absolute atomic E-state index is 12.2. The molecule has 0 saturated carbocycles. The van der Waals surface area contributed by atoms with Gasteiger partial charge in [-0.2, -0.15) is 5.10 Å². The summed E-state index contributed by atoms with van der Waals surface area (Å²) in [6.07, 6.45) is 5.02. The topological polar surface area (TPSA) is 69.0 Å². The molecule has 0 aliphatic rings. The van der Waals surface area contributed by atoms with Crippen LogP contribution in [0.1, 0.15) is 16.3 Å². The highest BCUT2D eigenvalue weighted by Gasteiger charge is 2.04. The SMILES string of the molecule is Cc1nc(COc2cccc(/C=C/C(=O)Nc3ccn(-c4ccccc4)n3)c2)cs1. The maximum atomic E-state index is 12.2. The first-order valence-corrected chi connectivity index (χ1v) is 10.3. The number of carbonyl (C=O) groups excluding carboxylic acids is 1. The number of thiazole rings is 1. The fourth-order valence-corrected chi connectivity index (χ4v) is 3.39. The molecule has 4 aromatic rings. The molecule has 0 fully saturated rings. The molecule has 150 valence electrons. The van der Waals surface area contributed by atoms with Crippen molar-refractivity contribution in [1.82, 2.24) is 14.8 Å². The van der Waals surface area contributed by atoms with Gasteiger partial charge < -0.3 is 10.1 Å². The lowest BCUT2D eigenvalue weighted by atomic mass is 10.2. The minimum atomic E-state index is -0.252. The van der Waals surface area contributed by atoms with E-state index in [9.17, 15) is 4.79 Å². The minimum absolute atomic E-state index is 0.252. The Balaban J connectivity index is 1.34. The van der Waals surface area contributed by atoms with Gasteiger partial charge in [0.05, 0.1) is 16.4 Å². The third-order valence-corrected chi connectivity index (χ3v) is 5.02. The Morgan fingerprint density at radius 1 is 1.17 bits per heavy atom. The molecule has 2 heterocycles. The van der Waals surface area contributed by atoms with E-state index in [0.717, 1.165) is 27.7 Å². The minimum Gasteiger partial charge on any atom is -0.487 e. The number of rotatable bonds is 7. The fourth-order valence-electron chi connectivity index (χ4n) is 2.79. The molecule has 6 nitrogen and oxygen atoms in total. The van der Waals surface area contributed by atoms with Crippen molar-refractivity contribution in [2.24, 2.45) is 0 Å². The Morgan fingerprint density at radius 2 is 2.03 bits per heavy atom. The number of benzene rings is 2. The lowest BCUT2D eigenvalue weighted by Gasteiger charge is -2.05. The van der Waals surface area contributed by atoms with E-state index in [4.69, 9.17) is 4.74 Å². The molecule has 7 heteroatoms. The van der Waals surface area contributed by atoms with Crippen molar-refractivity contribution < 1.29 is 9.53 Å². The molecular formula is C23H20N4O2S. The molecule has 1 amide bonds. The van der Waals surface area contributed by atoms with E-state index in [2.05, 4.69) is 15.4 Å². The lowest BCUT2D eigenvalue weighted by Crippen LogP contribution is -2.08. The van der Waals surface area contributed by atoms with Crippen LogP contribution in [0, 0.1) is 6.92 Å². The van der Waals surface area contributed by atoms with Crippen LogP contribution in [-0.4, -0.2) is 20.7 Å². The summed E-state index contributed by atoms with van der Waals surface area (Å²) in [7, 11) is 0. The molecule has 0 bridgehead atoms. The van der Waals surface area contributed by atoms with Gasteiger partial charge in [0.1, 0.15) is 12.4 Å². The van der Waals surface area contributed by atoms with Gasteiger partial charge in [-0.25, -0.2) is 9.67 Å². The summed E-state index contributed by atoms with van der Waals surface area (Å²) in [4.78, 5) is 16.6. The molecule has 0 atom stereocenters. The first-order chi connectivity index (χ1) is 14.7. The molecule has 0 spiro atoms. The molecule has 4 rings (SSSR count). The van der Waals surface area contributed by atoms with E-state index >= 15 is 0 Å². The molecular weight excluding hydrogens is 396 g/mol. The van der Waals surface area contributed by atoms with Gasteiger partial charge in [0.25, 0.3) is 0 Å². The van der Waals surface area contributed by atoms with Gasteiger partial charge in [-0.3, -0.25) is 4.79 Å². The van der Waals surface area contributed by atoms with Crippen LogP contribution in [0.3, 0.4) is 0 Å². The first-order valence-electron chi connectivity index (χ1n) is 9.40. The van der Waals surface area contributed by atoms with E-state index in [-0.39, 0.29) is 5.91 Å². The molecule has 30 heavy (non-hydrogen) atoms. The van der Waals surface area contributed by atoms with Crippen LogP contribution in [0.2, 0.25) is 0 Å². The van der Waals surface area contributed by atoms with Crippen LogP contribution < -0.4 is 10.1 Å². The summed E-state index contributed by atoms with van der Waals surface area (Å²) in [5, 5.41) is 10.1. The van der Waals surface area contributed by atoms with E-state index in [0.29, 0.717) is 12.4 Å². The van der Waals surface area contributed by atoms with E-state index in [1.807, 2.05) is 66.9 Å². The Morgan fingerprint density at radius 3 is 2.83 bits per heavy atom. The summed E-state index contributed by atoms with van der Waals surface area (Å²) in [5.74, 6) is 0.964. The highest BCUT2D eigenvalue weighted by molar-refractivity contribution is 7.09. The number of amides is 1. The van der Waals surface area contributed by atoms with Crippen molar-refractivity contribution in [2.45, 2.75) is 13.5 Å². The van der Waals surface area contributed by atoms with Gasteiger partial charge >= 0.3 is 0 Å². The van der Waals surface area contributed by atoms with Crippen LogP contribution in [0.15, 0.2) is 78.3 Å². The highest BCUT2D eigenvalue weighted by atomic mass is 32.1. The van der Waals surface area contributed by atoms with Crippen LogP contribution >= 0.6 is 11.3 Å². The van der Waals surface area contributed by atoms with Gasteiger partial charge in [0, 0.05) is 23.7 Å². The monoisotopic (exact) mass is 416 g/mol. The average Bonchev–Trinajstić information content (AvgIpc) is 3.41. The Hall–Kier alpha value is -3.71. The number of para-hydroxylation sites is 1. The van der Waals surface area contributed by atoms with Gasteiger partial charge in [-0.15, -0.1) is 11.3 Å². The zero-order valence-electron chi connectivity index (χ0n) is 16.4. The lowest BCUT2D eigenvalue weighted by molar-refractivity contribution is -0.111. The number of hydrogen-bond acceptors (Lipinski definition) is 5. The smallest absolute Gasteiger partial charge is 0.249 e. The van der Waals surface area contributed by atoms with Gasteiger partial charge in [-0.1, -0.05) is 30.3 Å². The van der Waals surface area contributed by atoms with Gasteiger partial charge in [-0.05, 0) is 42.8 Å². The molecule has 0 unspecified atom stereocenters. The summed E-state index contributed by atoms with van der Waals surface area (Å²) in [5.41, 5.74) is 2.71. The predicted molar refractivity (Wildman–Crippen MR) is 119 cm³/mol. The number of aromatic nitrogens is 3. The molecule has 0 radical (unpaired) electrons. The van der Waals surface area contributed by atoms with Crippen LogP contribution in [0.25, 0.3) is 11.8 Å². The summed E-state index contributed by atoms with van der Waals surface area (Å²) < 4.78 is 7.50. The fraction of sp³-hybridized carbons (Fsp3) is 0.0870. The van der Waals surface area contributed by atoms with Gasteiger partial charge in [0.15, 0.2) is 5.82 Å². The second-order valence-electron chi connectivity index (χ2n) is 6.52. The van der Waals surface area contributed by atoms with E-state index in [1.165, 1.54) is 6.08 Å². The summed E-state index contributed by atoms with van der Waals surface area (Å²) >= 11 is 1.60. The molecule has 0 aliphatic carbocycles. The van der Waals surface area contributed by atoms with Gasteiger partial charge in [0.2, 0.25) is 5.91 Å². The second kappa shape index (κ2) is 9.19. The largest absolute Gasteiger partial charge is 0.487 e. The summed E-state index contributed by atoms with van der Waals surface area (Å²) in [6.45, 7) is 2.39. The predicted octanol–water partition coefficient (Wildman–Crippen LogP) is 4.87. The number of anilines is 1. The third-order valence-electron chi connectivity index (χ3n) is 4.20. The van der Waals surface area contributed by atoms with Crippen molar-refractivity contribution in [2.75, 3.05) is 5.32 Å². The first kappa shape index (κ1) is 19.6. The average molecular weight is 417 g/mol. The normalized spacial score (nSPS) is 11.0. The molecule has 2 aromatic heterocycles. The number of aryl methyl sites for hydroxylation is 1. The van der Waals surface area contributed by atoms with Crippen molar-refractivity contribution >= 4 is 29.1 Å². The quantitative estimate of drug-likeness (QED) is 0.437. The third kappa shape index (κ3) is 5.21. The maximum Gasteiger partial charge on any atom is 0.249 e. The van der Waals surface area contributed by atoms with Crippen molar-refractivity contribution in [3.63, 3.8) is 0 Å². The zero-order valence-corrected chi connectivity index (χ0v) is 17.2. The zero-order chi connectivity index (χ0) is 20.8. The second-order valence-corrected chi connectivity index (χ2v) is 7.58. The highest BCUT2D eigenvalue weighted by Crippen LogP contribution is 2.17. The van der Waals surface area contributed by atoms with Crippen LogP contribution in [-0.2, 0) is 11.4 Å². The van der Waals surface area contributed by atoms with Crippen molar-refractivity contribution in [3.05, 3.63) is 94.6 Å². The number of nitrogens with zero attached hydrogens (tertiary/aromatic N) is 3. The standard InChI is InChI=1S/C23H20N4O2S/c1-17-24-19(16-30-17)15-29-21-9-5-6-18(14-21)10-11-23(28)25-22-12-13-27(26-22)20-7-3-2-4-8-20/h2-14,16H,15H2,1H3,(H,25,26,28)/b11-10+. The van der Waals surface area contributed by atoms with E-state index < -0.39 is 0 Å². The molecule has 2 aromatic carbocycles. The number of carbonyl (C=O) groups is 1. The van der Waals surface area contributed by atoms with E-state index in [1.54, 1.807) is 34.4 Å². The summed E-state index contributed by atoms with van der Waals surface area (Å²) in [6, 6.07) is 19.0. The van der Waals surface area contributed by atoms with Crippen molar-refractivity contribution in [3.8, 4) is 11.4 Å². The van der Waals surface area contributed by atoms with Crippen LogP contribution in [0.5, 0.6) is 5.75 Å². The number of hydrogen-bond donors (Lipinski definition) is 1. The Labute approximate surface area is 178 Å². The molecule has 1 N–H and O–H groups in total.